The highest BCUT2D eigenvalue weighted by Gasteiger charge is 2.31. The molecule has 1 aliphatic heterocycles. The first kappa shape index (κ1) is 17.3. The van der Waals surface area contributed by atoms with E-state index in [1.807, 2.05) is 24.3 Å². The summed E-state index contributed by atoms with van der Waals surface area (Å²) in [5.74, 6) is 0.250. The van der Waals surface area contributed by atoms with Crippen LogP contribution in [0.3, 0.4) is 0 Å². The Hall–Kier alpha value is -1.56. The minimum absolute atomic E-state index is 0.0340. The zero-order valence-corrected chi connectivity index (χ0v) is 14.7. The fourth-order valence-corrected chi connectivity index (χ4v) is 5.41. The van der Waals surface area contributed by atoms with Gasteiger partial charge in [-0.05, 0) is 23.3 Å². The molecule has 0 saturated carbocycles. The lowest BCUT2D eigenvalue weighted by atomic mass is 9.99. The molecule has 2 aromatic rings. The molecule has 1 heterocycles. The van der Waals surface area contributed by atoms with Crippen molar-refractivity contribution in [3.8, 4) is 0 Å². The molecular formula is C19H18FNOS2. The zero-order chi connectivity index (χ0) is 16.9. The lowest BCUT2D eigenvalue weighted by Gasteiger charge is -2.18. The number of hydrogen-bond donors (Lipinski definition) is 1. The molecule has 2 aromatic carbocycles. The van der Waals surface area contributed by atoms with Crippen LogP contribution in [0.2, 0.25) is 0 Å². The first-order valence-electron chi connectivity index (χ1n) is 7.70. The maximum absolute atomic E-state index is 13.6. The minimum atomic E-state index is -0.235. The quantitative estimate of drug-likeness (QED) is 0.836. The van der Waals surface area contributed by atoms with Gasteiger partial charge in [0.05, 0.1) is 16.9 Å². The van der Waals surface area contributed by atoms with Crippen LogP contribution < -0.4 is 5.73 Å². The maximum atomic E-state index is 13.6. The monoisotopic (exact) mass is 359 g/mol. The number of benzene rings is 2. The molecule has 2 nitrogen and oxygen atoms in total. The Morgan fingerprint density at radius 2 is 1.96 bits per heavy atom. The second kappa shape index (κ2) is 8.01. The Kier molecular flexibility index (Phi) is 5.76. The summed E-state index contributed by atoms with van der Waals surface area (Å²) in [6.07, 6.45) is 2.18. The number of carbonyl (C=O) groups is 1. The van der Waals surface area contributed by atoms with Gasteiger partial charge in [-0.15, -0.1) is 23.5 Å². The van der Waals surface area contributed by atoms with Gasteiger partial charge in [-0.3, -0.25) is 4.79 Å². The highest BCUT2D eigenvalue weighted by Crippen LogP contribution is 2.51. The molecule has 3 rings (SSSR count). The minimum Gasteiger partial charge on any atom is -0.324 e. The molecule has 2 atom stereocenters. The van der Waals surface area contributed by atoms with Crippen LogP contribution in [0.1, 0.15) is 17.0 Å². The smallest absolute Gasteiger partial charge is 0.156 e. The highest BCUT2D eigenvalue weighted by molar-refractivity contribution is 8.22. The third-order valence-corrected chi connectivity index (χ3v) is 6.75. The summed E-state index contributed by atoms with van der Waals surface area (Å²) in [7, 11) is 0. The predicted octanol–water partition coefficient (Wildman–Crippen LogP) is 4.28. The number of hydrogen-bond acceptors (Lipinski definition) is 4. The molecule has 0 radical (unpaired) electrons. The second-order valence-electron chi connectivity index (χ2n) is 5.52. The van der Waals surface area contributed by atoms with E-state index < -0.39 is 0 Å². The molecule has 5 heteroatoms. The van der Waals surface area contributed by atoms with E-state index in [0.717, 1.165) is 11.1 Å². The third-order valence-electron chi connectivity index (χ3n) is 3.80. The number of carbonyl (C=O) groups excluding carboxylic acids is 1. The molecule has 0 fully saturated rings. The number of ketones is 1. The molecule has 0 bridgehead atoms. The van der Waals surface area contributed by atoms with Crippen LogP contribution in [-0.2, 0) is 4.79 Å². The third kappa shape index (κ3) is 4.09. The Bertz CT molecular complexity index is 748. The Morgan fingerprint density at radius 3 is 2.67 bits per heavy atom. The molecule has 0 saturated heterocycles. The van der Waals surface area contributed by atoms with Crippen molar-refractivity contribution in [3.05, 3.63) is 77.6 Å². The molecule has 0 spiro atoms. The van der Waals surface area contributed by atoms with E-state index in [9.17, 15) is 9.18 Å². The molecule has 2 N–H and O–H groups in total. The van der Waals surface area contributed by atoms with Crippen molar-refractivity contribution in [2.45, 2.75) is 10.5 Å². The first-order valence-corrected chi connectivity index (χ1v) is 9.63. The van der Waals surface area contributed by atoms with Gasteiger partial charge in [-0.1, -0.05) is 48.5 Å². The lowest BCUT2D eigenvalue weighted by molar-refractivity contribution is -0.115. The van der Waals surface area contributed by atoms with Crippen molar-refractivity contribution in [1.82, 2.24) is 0 Å². The average Bonchev–Trinajstić information content (AvgIpc) is 3.04. The van der Waals surface area contributed by atoms with Crippen LogP contribution in [-0.4, -0.2) is 22.7 Å². The van der Waals surface area contributed by atoms with Gasteiger partial charge in [-0.2, -0.15) is 0 Å². The summed E-state index contributed by atoms with van der Waals surface area (Å²) < 4.78 is 13.8. The molecular weight excluding hydrogens is 341 g/mol. The van der Waals surface area contributed by atoms with Crippen molar-refractivity contribution in [2.24, 2.45) is 5.73 Å². The van der Waals surface area contributed by atoms with Gasteiger partial charge in [0.2, 0.25) is 0 Å². The SMILES string of the molecule is NCC(=O)CSC1SC(c2ccccc2)=CC1c1cccc(F)c1. The molecule has 0 aliphatic carbocycles. The highest BCUT2D eigenvalue weighted by atomic mass is 32.2. The molecule has 0 amide bonds. The summed E-state index contributed by atoms with van der Waals surface area (Å²) in [6, 6.07) is 16.8. The van der Waals surface area contributed by atoms with E-state index in [1.165, 1.54) is 11.0 Å². The number of nitrogens with two attached hydrogens (primary N) is 1. The molecule has 124 valence electrons. The number of thioether (sulfide) groups is 2. The summed E-state index contributed by atoms with van der Waals surface area (Å²) in [6.45, 7) is 0.0635. The lowest BCUT2D eigenvalue weighted by Crippen LogP contribution is -2.17. The fraction of sp³-hybridized carbons (Fsp3) is 0.211. The van der Waals surface area contributed by atoms with Crippen molar-refractivity contribution in [1.29, 1.82) is 0 Å². The maximum Gasteiger partial charge on any atom is 0.156 e. The number of Topliss-reactive ketones (excluding diaryl/α,β-unsaturated/α-hetero) is 1. The number of allylic oxidation sites excluding steroid dienone is 1. The van der Waals surface area contributed by atoms with E-state index >= 15 is 0 Å². The largest absolute Gasteiger partial charge is 0.324 e. The normalized spacial score (nSPS) is 20.0. The van der Waals surface area contributed by atoms with Crippen molar-refractivity contribution in [3.63, 3.8) is 0 Å². The Morgan fingerprint density at radius 1 is 1.17 bits per heavy atom. The second-order valence-corrected chi connectivity index (χ2v) is 8.13. The Balaban J connectivity index is 1.86. The van der Waals surface area contributed by atoms with Crippen LogP contribution in [0.4, 0.5) is 4.39 Å². The van der Waals surface area contributed by atoms with Crippen molar-refractivity contribution < 1.29 is 9.18 Å². The summed E-state index contributed by atoms with van der Waals surface area (Å²) in [4.78, 5) is 12.8. The fourth-order valence-electron chi connectivity index (χ4n) is 2.59. The molecule has 24 heavy (non-hydrogen) atoms. The number of rotatable bonds is 6. The standard InChI is InChI=1S/C19H18FNOS2/c20-15-8-4-7-14(9-15)17-10-18(13-5-2-1-3-6-13)24-19(17)23-12-16(22)11-21/h1-10,17,19H,11-12,21H2. The molecule has 2 unspecified atom stereocenters. The molecule has 1 aliphatic rings. The topological polar surface area (TPSA) is 43.1 Å². The molecule has 0 aromatic heterocycles. The number of halogens is 1. The van der Waals surface area contributed by atoms with E-state index in [1.54, 1.807) is 35.7 Å². The van der Waals surface area contributed by atoms with Crippen molar-refractivity contribution in [2.75, 3.05) is 12.3 Å². The van der Waals surface area contributed by atoms with Gasteiger partial charge in [0, 0.05) is 10.8 Å². The van der Waals surface area contributed by atoms with E-state index in [2.05, 4.69) is 18.2 Å². The van der Waals surface area contributed by atoms with Crippen LogP contribution in [0.25, 0.3) is 4.91 Å². The predicted molar refractivity (Wildman–Crippen MR) is 101 cm³/mol. The van der Waals surface area contributed by atoms with Gasteiger partial charge < -0.3 is 5.73 Å². The van der Waals surface area contributed by atoms with Crippen LogP contribution in [0.15, 0.2) is 60.7 Å². The van der Waals surface area contributed by atoms with Gasteiger partial charge in [-0.25, -0.2) is 4.39 Å². The van der Waals surface area contributed by atoms with Gasteiger partial charge >= 0.3 is 0 Å². The average molecular weight is 359 g/mol. The first-order chi connectivity index (χ1) is 11.7. The zero-order valence-electron chi connectivity index (χ0n) is 13.0. The van der Waals surface area contributed by atoms with Crippen LogP contribution in [0.5, 0.6) is 0 Å². The van der Waals surface area contributed by atoms with Gasteiger partial charge in [0.15, 0.2) is 5.78 Å². The van der Waals surface area contributed by atoms with Crippen molar-refractivity contribution >= 4 is 34.2 Å². The summed E-state index contributed by atoms with van der Waals surface area (Å²) in [5, 5.41) is 0. The Labute approximate surface area is 149 Å². The van der Waals surface area contributed by atoms with E-state index in [0.29, 0.717) is 5.75 Å². The van der Waals surface area contributed by atoms with E-state index in [4.69, 9.17) is 5.73 Å². The van der Waals surface area contributed by atoms with Gasteiger partial charge in [0.25, 0.3) is 0 Å². The van der Waals surface area contributed by atoms with Crippen LogP contribution >= 0.6 is 23.5 Å². The summed E-state index contributed by atoms with van der Waals surface area (Å²) in [5.41, 5.74) is 7.49. The van der Waals surface area contributed by atoms with Gasteiger partial charge in [0.1, 0.15) is 5.82 Å². The van der Waals surface area contributed by atoms with Crippen LogP contribution in [0, 0.1) is 5.82 Å². The van der Waals surface area contributed by atoms with E-state index in [-0.39, 0.29) is 28.6 Å². The summed E-state index contributed by atoms with van der Waals surface area (Å²) >= 11 is 3.32.